The largest absolute Gasteiger partial charge is 0.493 e. The zero-order valence-electron chi connectivity index (χ0n) is 15.8. The van der Waals surface area contributed by atoms with Gasteiger partial charge in [0.05, 0.1) is 17.3 Å². The normalized spacial score (nSPS) is 15.2. The van der Waals surface area contributed by atoms with E-state index in [1.165, 1.54) is 32.2 Å². The first-order valence-electron chi connectivity index (χ1n) is 8.81. The fraction of sp³-hybridized carbons (Fsp3) is 0.444. The first kappa shape index (κ1) is 22.3. The minimum absolute atomic E-state index is 0.0411. The Kier molecular flexibility index (Phi) is 6.25. The van der Waals surface area contributed by atoms with Crippen LogP contribution >= 0.6 is 15.9 Å². The lowest BCUT2D eigenvalue weighted by Gasteiger charge is -2.17. The van der Waals surface area contributed by atoms with Crippen LogP contribution in [0.5, 0.6) is 11.5 Å². The topological polar surface area (TPSA) is 65.4 Å². The number of nitrogens with zero attached hydrogens (tertiary/aromatic N) is 2. The maximum Gasteiger partial charge on any atom is 0.436 e. The molecule has 2 aromatic rings. The Morgan fingerprint density at radius 3 is 2.50 bits per heavy atom. The van der Waals surface area contributed by atoms with Crippen molar-refractivity contribution in [3.63, 3.8) is 0 Å². The van der Waals surface area contributed by atoms with E-state index in [1.807, 2.05) is 0 Å². The number of ether oxygens (including phenoxy) is 2. The number of methoxy groups -OCH3 is 1. The summed E-state index contributed by atoms with van der Waals surface area (Å²) < 4.78 is 74.8. The summed E-state index contributed by atoms with van der Waals surface area (Å²) in [5, 5.41) is 6.17. The number of rotatable bonds is 7. The average molecular weight is 498 g/mol. The molecule has 0 saturated heterocycles. The van der Waals surface area contributed by atoms with Crippen LogP contribution in [0.4, 0.5) is 27.6 Å². The number of anilines is 1. The van der Waals surface area contributed by atoms with E-state index in [9.17, 15) is 26.7 Å². The highest BCUT2D eigenvalue weighted by Gasteiger charge is 2.43. The van der Waals surface area contributed by atoms with Crippen molar-refractivity contribution in [1.29, 1.82) is 0 Å². The van der Waals surface area contributed by atoms with Crippen molar-refractivity contribution in [1.82, 2.24) is 9.78 Å². The molecule has 1 unspecified atom stereocenters. The van der Waals surface area contributed by atoms with Crippen molar-refractivity contribution < 1.29 is 36.2 Å². The summed E-state index contributed by atoms with van der Waals surface area (Å²) in [7, 11) is 1.24. The highest BCUT2D eigenvalue weighted by atomic mass is 79.9. The monoisotopic (exact) mass is 497 g/mol. The highest BCUT2D eigenvalue weighted by molar-refractivity contribution is 9.10. The van der Waals surface area contributed by atoms with Crippen molar-refractivity contribution in [2.75, 3.05) is 12.4 Å². The van der Waals surface area contributed by atoms with Gasteiger partial charge in [0, 0.05) is 17.7 Å². The van der Waals surface area contributed by atoms with Crippen LogP contribution in [-0.2, 0) is 11.0 Å². The van der Waals surface area contributed by atoms with E-state index >= 15 is 0 Å². The van der Waals surface area contributed by atoms with Gasteiger partial charge in [-0.3, -0.25) is 9.48 Å². The third-order valence-electron chi connectivity index (χ3n) is 4.51. The van der Waals surface area contributed by atoms with Crippen LogP contribution < -0.4 is 14.8 Å². The molecule has 1 aliphatic carbocycles. The van der Waals surface area contributed by atoms with Crippen LogP contribution in [0.15, 0.2) is 22.7 Å². The van der Waals surface area contributed by atoms with E-state index in [0.717, 1.165) is 4.68 Å². The quantitative estimate of drug-likeness (QED) is 0.523. The van der Waals surface area contributed by atoms with Crippen molar-refractivity contribution in [2.45, 2.75) is 44.5 Å². The van der Waals surface area contributed by atoms with Crippen LogP contribution in [-0.4, -0.2) is 29.4 Å². The molecular weight excluding hydrogens is 481 g/mol. The maximum atomic E-state index is 13.3. The van der Waals surface area contributed by atoms with Crippen molar-refractivity contribution in [3.8, 4) is 11.5 Å². The van der Waals surface area contributed by atoms with Gasteiger partial charge in [0.15, 0.2) is 17.2 Å². The fourth-order valence-electron chi connectivity index (χ4n) is 2.92. The minimum atomic E-state index is -4.67. The van der Waals surface area contributed by atoms with Gasteiger partial charge >= 0.3 is 12.8 Å². The van der Waals surface area contributed by atoms with E-state index in [0.29, 0.717) is 18.5 Å². The molecule has 3 rings (SSSR count). The molecule has 164 valence electrons. The summed E-state index contributed by atoms with van der Waals surface area (Å²) in [6, 6.07) is 2.71. The Labute approximate surface area is 176 Å². The van der Waals surface area contributed by atoms with E-state index in [1.54, 1.807) is 0 Å². The Balaban J connectivity index is 1.85. The average Bonchev–Trinajstić information content (AvgIpc) is 3.43. The van der Waals surface area contributed by atoms with E-state index in [2.05, 4.69) is 31.1 Å². The minimum Gasteiger partial charge on any atom is -0.493 e. The van der Waals surface area contributed by atoms with Gasteiger partial charge in [-0.15, -0.1) is 0 Å². The van der Waals surface area contributed by atoms with Crippen LogP contribution in [0.2, 0.25) is 0 Å². The third kappa shape index (κ3) is 4.68. The van der Waals surface area contributed by atoms with Crippen LogP contribution in [0, 0.1) is 0 Å². The van der Waals surface area contributed by atoms with Crippen LogP contribution in [0.1, 0.15) is 43.1 Å². The molecule has 1 aromatic heterocycles. The third-order valence-corrected chi connectivity index (χ3v) is 5.30. The summed E-state index contributed by atoms with van der Waals surface area (Å²) in [5.74, 6) is -1.00. The predicted octanol–water partition coefficient (Wildman–Crippen LogP) is 5.35. The first-order valence-corrected chi connectivity index (χ1v) is 9.61. The molecule has 1 heterocycles. The number of hydrogen-bond donors (Lipinski definition) is 1. The van der Waals surface area contributed by atoms with Gasteiger partial charge in [-0.1, -0.05) is 0 Å². The van der Waals surface area contributed by atoms with Gasteiger partial charge in [0.2, 0.25) is 5.91 Å². The number of amides is 1. The SMILES string of the molecule is COc1cc(NC(=O)C(C)n2nc(C(F)(F)F)c(Br)c2C2CC2)ccc1OC(F)F. The van der Waals surface area contributed by atoms with Gasteiger partial charge in [0.25, 0.3) is 0 Å². The highest BCUT2D eigenvalue weighted by Crippen LogP contribution is 2.47. The zero-order chi connectivity index (χ0) is 22.2. The van der Waals surface area contributed by atoms with E-state index in [4.69, 9.17) is 4.74 Å². The second-order valence-electron chi connectivity index (χ2n) is 6.67. The van der Waals surface area contributed by atoms with Crippen molar-refractivity contribution >= 4 is 27.5 Å². The smallest absolute Gasteiger partial charge is 0.436 e. The summed E-state index contributed by atoms with van der Waals surface area (Å²) >= 11 is 2.98. The van der Waals surface area contributed by atoms with Gasteiger partial charge in [0.1, 0.15) is 6.04 Å². The predicted molar refractivity (Wildman–Crippen MR) is 99.9 cm³/mol. The fourth-order valence-corrected chi connectivity index (χ4v) is 3.73. The summed E-state index contributed by atoms with van der Waals surface area (Å²) in [6.07, 6.45) is -3.25. The second-order valence-corrected chi connectivity index (χ2v) is 7.47. The second kappa shape index (κ2) is 8.40. The molecule has 6 nitrogen and oxygen atoms in total. The molecule has 0 aliphatic heterocycles. The number of aromatic nitrogens is 2. The van der Waals surface area contributed by atoms with Crippen molar-refractivity contribution in [2.24, 2.45) is 0 Å². The van der Waals surface area contributed by atoms with E-state index < -0.39 is 30.4 Å². The number of halogens is 6. The Hall–Kier alpha value is -2.37. The lowest BCUT2D eigenvalue weighted by Crippen LogP contribution is -2.26. The molecule has 1 atom stereocenters. The van der Waals surface area contributed by atoms with Gasteiger partial charge < -0.3 is 14.8 Å². The number of hydrogen-bond acceptors (Lipinski definition) is 4. The molecule has 1 aromatic carbocycles. The molecule has 12 heteroatoms. The maximum absolute atomic E-state index is 13.3. The molecule has 0 spiro atoms. The van der Waals surface area contributed by atoms with Gasteiger partial charge in [-0.25, -0.2) is 0 Å². The van der Waals surface area contributed by atoms with E-state index in [-0.39, 0.29) is 27.6 Å². The number of nitrogens with one attached hydrogen (secondary N) is 1. The van der Waals surface area contributed by atoms with Crippen LogP contribution in [0.25, 0.3) is 0 Å². The molecule has 1 fully saturated rings. The lowest BCUT2D eigenvalue weighted by atomic mass is 10.2. The Bertz CT molecular complexity index is 944. The van der Waals surface area contributed by atoms with Gasteiger partial charge in [-0.05, 0) is 47.8 Å². The van der Waals surface area contributed by atoms with Gasteiger partial charge in [-0.2, -0.15) is 27.1 Å². The number of benzene rings is 1. The first-order chi connectivity index (χ1) is 14.0. The lowest BCUT2D eigenvalue weighted by molar-refractivity contribution is -0.142. The standard InChI is InChI=1S/C18H17BrF5N3O3/c1-8(27-14(9-3-4-9)13(19)15(26-27)18(22,23)24)16(28)25-10-5-6-11(30-17(20)21)12(7-10)29-2/h5-9,17H,3-4H2,1-2H3,(H,25,28). The number of carbonyl (C=O) groups excluding carboxylic acids is 1. The van der Waals surface area contributed by atoms with Crippen molar-refractivity contribution in [3.05, 3.63) is 34.1 Å². The molecule has 30 heavy (non-hydrogen) atoms. The molecule has 1 N–H and O–H groups in total. The van der Waals surface area contributed by atoms with Crippen LogP contribution in [0.3, 0.4) is 0 Å². The molecule has 1 amide bonds. The molecule has 1 saturated carbocycles. The number of carbonyl (C=O) groups is 1. The summed E-state index contributed by atoms with van der Waals surface area (Å²) in [6.45, 7) is -1.63. The molecule has 1 aliphatic rings. The Morgan fingerprint density at radius 1 is 1.30 bits per heavy atom. The molecule has 0 bridgehead atoms. The number of alkyl halides is 5. The summed E-state index contributed by atoms with van der Waals surface area (Å²) in [5.41, 5.74) is -0.567. The molecular formula is C18H17BrF5N3O3. The Morgan fingerprint density at radius 2 is 1.97 bits per heavy atom. The summed E-state index contributed by atoms with van der Waals surface area (Å²) in [4.78, 5) is 12.7. The zero-order valence-corrected chi connectivity index (χ0v) is 17.4. The molecule has 0 radical (unpaired) electrons.